The first-order chi connectivity index (χ1) is 20.3. The highest BCUT2D eigenvalue weighted by atomic mass is 16.3. The molecule has 3 fully saturated rings. The Labute approximate surface area is 256 Å². The van der Waals surface area contributed by atoms with E-state index in [0.717, 1.165) is 23.8 Å². The molecule has 3 N–H and O–H groups in total. The van der Waals surface area contributed by atoms with Crippen LogP contribution in [0.2, 0.25) is 0 Å². The summed E-state index contributed by atoms with van der Waals surface area (Å²) < 4.78 is 2.24. The van der Waals surface area contributed by atoms with Gasteiger partial charge in [-0.3, -0.25) is 4.79 Å². The molecule has 4 aliphatic carbocycles. The number of fused-ring (bicyclic) bond motifs is 8. The molecule has 2 aromatic carbocycles. The number of aromatic hydroxyl groups is 2. The van der Waals surface area contributed by atoms with Crippen LogP contribution >= 0.6 is 0 Å². The van der Waals surface area contributed by atoms with Crippen LogP contribution in [0, 0.1) is 35.0 Å². The Kier molecular flexibility index (Phi) is 6.87. The summed E-state index contributed by atoms with van der Waals surface area (Å²) in [5, 5.41) is 30.2. The van der Waals surface area contributed by atoms with Gasteiger partial charge in [0, 0.05) is 35.5 Å². The van der Waals surface area contributed by atoms with E-state index >= 15 is 0 Å². The van der Waals surface area contributed by atoms with E-state index in [9.17, 15) is 10.2 Å². The van der Waals surface area contributed by atoms with Gasteiger partial charge in [-0.15, -0.1) is 0 Å². The number of hydrogen-bond donors (Lipinski definition) is 3. The van der Waals surface area contributed by atoms with Crippen molar-refractivity contribution in [2.75, 3.05) is 0 Å². The summed E-state index contributed by atoms with van der Waals surface area (Å²) >= 11 is 0. The third-order valence-electron chi connectivity index (χ3n) is 13.3. The Hall–Kier alpha value is -3.21. The van der Waals surface area contributed by atoms with Gasteiger partial charge in [-0.25, -0.2) is 0 Å². The number of rotatable bonds is 1. The Morgan fingerprint density at radius 2 is 1.70 bits per heavy atom. The number of hydrogen-bond acceptors (Lipinski definition) is 3. The molecular weight excluding hydrogens is 534 g/mol. The molecule has 0 aliphatic heterocycles. The van der Waals surface area contributed by atoms with Crippen LogP contribution < -0.4 is 0 Å². The van der Waals surface area contributed by atoms with Crippen molar-refractivity contribution in [2.45, 2.75) is 97.8 Å². The highest BCUT2D eigenvalue weighted by Gasteiger charge is 2.65. The maximum absolute atomic E-state index is 11.0. The quantitative estimate of drug-likeness (QED) is 0.152. The summed E-state index contributed by atoms with van der Waals surface area (Å²) in [6.07, 6.45) is 13.9. The third kappa shape index (κ3) is 3.98. The molecule has 1 heterocycles. The molecule has 3 saturated carbocycles. The molecule has 3 aromatic rings. The highest BCUT2D eigenvalue weighted by molar-refractivity contribution is 5.86. The van der Waals surface area contributed by atoms with Crippen LogP contribution in [0.3, 0.4) is 0 Å². The molecular formula is C38H49NO4. The standard InChI is InChI=1S/C37H47NO2.CH2O2/c1-22-12-13-34(3)14-16-37(6)31-19-25(26-21-38(7)28-11-9-8-10-24(26)28)32-23(2)33(40)29(39)20-27(32)35(31,4)15-17-36(37,5)30(34)18-22;2-1-3/h8-11,19-22,25,30,39-40H,12-18H2,1-7H3;1H,(H,2,3)/t22-,25-,30+,34+,35-,36-,37+;/m0./s1. The Balaban J connectivity index is 0.00000105. The minimum absolute atomic E-state index is 0.0196. The summed E-state index contributed by atoms with van der Waals surface area (Å²) in [6.45, 7) is 14.5. The summed E-state index contributed by atoms with van der Waals surface area (Å²) in [7, 11) is 2.14. The number of aromatic nitrogens is 1. The summed E-state index contributed by atoms with van der Waals surface area (Å²) in [5.41, 5.74) is 7.97. The number of carboxylic acid groups (broad SMARTS) is 1. The minimum atomic E-state index is -0.250. The molecule has 0 radical (unpaired) electrons. The zero-order valence-electron chi connectivity index (χ0n) is 27.0. The molecule has 7 rings (SSSR count). The first kappa shape index (κ1) is 29.8. The average molecular weight is 584 g/mol. The van der Waals surface area contributed by atoms with Gasteiger partial charge in [0.05, 0.1) is 0 Å². The Morgan fingerprint density at radius 1 is 1.00 bits per heavy atom. The van der Waals surface area contributed by atoms with Crippen LogP contribution in [0.1, 0.15) is 108 Å². The fraction of sp³-hybridized carbons (Fsp3) is 0.553. The van der Waals surface area contributed by atoms with Crippen LogP contribution in [0.4, 0.5) is 0 Å². The number of aryl methyl sites for hydroxylation is 1. The zero-order valence-corrected chi connectivity index (χ0v) is 27.0. The van der Waals surface area contributed by atoms with E-state index in [1.807, 2.05) is 13.0 Å². The second-order valence-corrected chi connectivity index (χ2v) is 15.4. The van der Waals surface area contributed by atoms with Crippen LogP contribution in [0.25, 0.3) is 10.9 Å². The summed E-state index contributed by atoms with van der Waals surface area (Å²) in [4.78, 5) is 8.36. The Morgan fingerprint density at radius 3 is 2.42 bits per heavy atom. The third-order valence-corrected chi connectivity index (χ3v) is 13.3. The van der Waals surface area contributed by atoms with Crippen LogP contribution in [-0.2, 0) is 17.3 Å². The monoisotopic (exact) mass is 583 g/mol. The lowest BCUT2D eigenvalue weighted by Crippen LogP contribution is -2.61. The van der Waals surface area contributed by atoms with Crippen molar-refractivity contribution in [3.05, 3.63) is 70.4 Å². The number of allylic oxidation sites excluding steroid dienone is 2. The van der Waals surface area contributed by atoms with E-state index in [1.54, 1.807) is 5.57 Å². The smallest absolute Gasteiger partial charge is 0.290 e. The van der Waals surface area contributed by atoms with Crippen LogP contribution in [-0.4, -0.2) is 26.4 Å². The number of benzene rings is 2. The molecule has 0 spiro atoms. The van der Waals surface area contributed by atoms with Crippen molar-refractivity contribution in [3.8, 4) is 11.5 Å². The number of nitrogens with zero attached hydrogens (tertiary/aromatic N) is 1. The number of phenolic OH excluding ortho intramolecular Hbond substituents is 2. The van der Waals surface area contributed by atoms with Gasteiger partial charge < -0.3 is 19.9 Å². The molecule has 0 bridgehead atoms. The van der Waals surface area contributed by atoms with Crippen molar-refractivity contribution < 1.29 is 20.1 Å². The molecule has 5 nitrogen and oxygen atoms in total. The van der Waals surface area contributed by atoms with E-state index in [-0.39, 0.29) is 40.1 Å². The van der Waals surface area contributed by atoms with Gasteiger partial charge in [0.15, 0.2) is 11.5 Å². The van der Waals surface area contributed by atoms with Gasteiger partial charge in [0.25, 0.3) is 6.47 Å². The lowest BCUT2D eigenvalue weighted by Gasteiger charge is -2.69. The molecule has 7 atom stereocenters. The molecule has 1 aromatic heterocycles. The molecule has 4 aliphatic rings. The van der Waals surface area contributed by atoms with Gasteiger partial charge in [-0.05, 0) is 108 Å². The molecule has 5 heteroatoms. The van der Waals surface area contributed by atoms with Crippen LogP contribution in [0.15, 0.2) is 48.2 Å². The van der Waals surface area contributed by atoms with E-state index in [1.165, 1.54) is 66.1 Å². The summed E-state index contributed by atoms with van der Waals surface area (Å²) in [6, 6.07) is 10.6. The zero-order chi connectivity index (χ0) is 31.1. The molecule has 0 saturated heterocycles. The normalized spacial score (nSPS) is 36.3. The second kappa shape index (κ2) is 9.90. The van der Waals surface area contributed by atoms with Gasteiger partial charge in [-0.2, -0.15) is 0 Å². The molecule has 43 heavy (non-hydrogen) atoms. The molecule has 230 valence electrons. The van der Waals surface area contributed by atoms with Crippen molar-refractivity contribution in [3.63, 3.8) is 0 Å². The van der Waals surface area contributed by atoms with E-state index in [4.69, 9.17) is 9.90 Å². The molecule has 0 amide bonds. The van der Waals surface area contributed by atoms with Crippen molar-refractivity contribution in [1.82, 2.24) is 4.57 Å². The first-order valence-electron chi connectivity index (χ1n) is 16.2. The van der Waals surface area contributed by atoms with Gasteiger partial charge >= 0.3 is 0 Å². The van der Waals surface area contributed by atoms with Crippen molar-refractivity contribution in [1.29, 1.82) is 0 Å². The second-order valence-electron chi connectivity index (χ2n) is 15.4. The van der Waals surface area contributed by atoms with Gasteiger partial charge in [0.1, 0.15) is 0 Å². The largest absolute Gasteiger partial charge is 0.504 e. The maximum Gasteiger partial charge on any atom is 0.290 e. The lowest BCUT2D eigenvalue weighted by atomic mass is 9.35. The maximum atomic E-state index is 11.0. The molecule has 0 unspecified atom stereocenters. The number of phenols is 2. The van der Waals surface area contributed by atoms with E-state index in [2.05, 4.69) is 82.8 Å². The predicted molar refractivity (Wildman–Crippen MR) is 173 cm³/mol. The van der Waals surface area contributed by atoms with Crippen molar-refractivity contribution in [2.24, 2.45) is 35.1 Å². The highest BCUT2D eigenvalue weighted by Crippen LogP contribution is 2.74. The summed E-state index contributed by atoms with van der Waals surface area (Å²) in [5.74, 6) is 1.62. The fourth-order valence-corrected chi connectivity index (χ4v) is 10.7. The van der Waals surface area contributed by atoms with Gasteiger partial charge in [-0.1, -0.05) is 70.9 Å². The lowest BCUT2D eigenvalue weighted by molar-refractivity contribution is -0.145. The fourth-order valence-electron chi connectivity index (χ4n) is 10.7. The van der Waals surface area contributed by atoms with E-state index in [0.29, 0.717) is 5.41 Å². The van der Waals surface area contributed by atoms with Gasteiger partial charge in [0.2, 0.25) is 0 Å². The number of para-hydroxylation sites is 1. The predicted octanol–water partition coefficient (Wildman–Crippen LogP) is 8.97. The first-order valence-corrected chi connectivity index (χ1v) is 16.2. The average Bonchev–Trinajstić information content (AvgIpc) is 3.31. The number of carbonyl (C=O) groups is 1. The minimum Gasteiger partial charge on any atom is -0.504 e. The van der Waals surface area contributed by atoms with Crippen LogP contribution in [0.5, 0.6) is 11.5 Å². The Bertz CT molecular complexity index is 1630. The topological polar surface area (TPSA) is 82.7 Å². The van der Waals surface area contributed by atoms with Crippen molar-refractivity contribution >= 4 is 17.4 Å². The SMILES string of the molecule is Cc1c(O)c(O)cc2c1[C@H](c1cn(C)c3ccccc13)C=C1[C@@]2(C)CC[C@@]2(C)[C@@H]3C[C@@H](C)CC[C@]3(C)CC[C@]12C.O=CO. The van der Waals surface area contributed by atoms with E-state index < -0.39 is 0 Å².